The number of hydrogen-bond acceptors (Lipinski definition) is 6. The largest absolute Gasteiger partial charge is 0.481 e. The van der Waals surface area contributed by atoms with Crippen LogP contribution in [0.3, 0.4) is 0 Å². The first-order chi connectivity index (χ1) is 22.0. The number of carboxylic acid groups (broad SMARTS) is 1. The maximum atomic E-state index is 13.8. The lowest BCUT2D eigenvalue weighted by atomic mass is 9.88. The summed E-state index contributed by atoms with van der Waals surface area (Å²) in [4.78, 5) is 41.1. The van der Waals surface area contributed by atoms with Gasteiger partial charge < -0.3 is 15.7 Å². The topological polar surface area (TPSA) is 132 Å². The van der Waals surface area contributed by atoms with Crippen LogP contribution in [0.1, 0.15) is 76.2 Å². The number of aromatic nitrogens is 1. The van der Waals surface area contributed by atoms with Gasteiger partial charge in [0.1, 0.15) is 0 Å². The highest BCUT2D eigenvalue weighted by Crippen LogP contribution is 2.37. The molecule has 3 aromatic carbocycles. The van der Waals surface area contributed by atoms with Crippen molar-refractivity contribution in [3.63, 3.8) is 0 Å². The molecule has 5 rings (SSSR count). The minimum atomic E-state index is -4.73. The number of hydrogen-bond donors (Lipinski definition) is 3. The van der Waals surface area contributed by atoms with Crippen molar-refractivity contribution in [2.45, 2.75) is 50.6 Å². The number of nitriles is 1. The maximum Gasteiger partial charge on any atom is 0.417 e. The Morgan fingerprint density at radius 1 is 1.04 bits per heavy atom. The molecule has 12 heteroatoms. The van der Waals surface area contributed by atoms with Crippen molar-refractivity contribution in [3.8, 4) is 6.07 Å². The first kappa shape index (κ1) is 32.4. The minimum Gasteiger partial charge on any atom is -0.481 e. The van der Waals surface area contributed by atoms with E-state index in [2.05, 4.69) is 21.7 Å². The monoisotopic (exact) mass is 646 g/mol. The summed E-state index contributed by atoms with van der Waals surface area (Å²) in [5.41, 5.74) is 2.57. The molecule has 0 bridgehead atoms. The fraction of sp³-hybridized carbons (Fsp3) is 0.265. The zero-order valence-electron chi connectivity index (χ0n) is 24.5. The number of aliphatic carboxylic acids is 1. The smallest absolute Gasteiger partial charge is 0.417 e. The van der Waals surface area contributed by atoms with E-state index in [9.17, 15) is 32.8 Å². The van der Waals surface area contributed by atoms with Crippen LogP contribution in [-0.4, -0.2) is 34.4 Å². The number of allylic oxidation sites excluding steroid dienone is 2. The third kappa shape index (κ3) is 7.79. The van der Waals surface area contributed by atoms with Crippen LogP contribution in [0, 0.1) is 11.3 Å². The number of carbonyl (C=O) groups is 3. The lowest BCUT2D eigenvalue weighted by molar-refractivity contribution is -0.138. The molecule has 1 aliphatic rings. The summed E-state index contributed by atoms with van der Waals surface area (Å²) >= 11 is 0.978. The van der Waals surface area contributed by atoms with Crippen molar-refractivity contribution in [1.82, 2.24) is 10.3 Å². The van der Waals surface area contributed by atoms with E-state index in [-0.39, 0.29) is 30.0 Å². The summed E-state index contributed by atoms with van der Waals surface area (Å²) < 4.78 is 40.8. The van der Waals surface area contributed by atoms with Crippen molar-refractivity contribution in [1.29, 1.82) is 5.26 Å². The molecule has 1 heterocycles. The van der Waals surface area contributed by atoms with E-state index in [4.69, 9.17) is 5.11 Å². The van der Waals surface area contributed by atoms with E-state index in [0.29, 0.717) is 10.3 Å². The average molecular weight is 647 g/mol. The van der Waals surface area contributed by atoms with Gasteiger partial charge in [-0.3, -0.25) is 14.4 Å². The lowest BCUT2D eigenvalue weighted by Crippen LogP contribution is -2.26. The first-order valence-electron chi connectivity index (χ1n) is 14.6. The third-order valence-electron chi connectivity index (χ3n) is 7.76. The highest BCUT2D eigenvalue weighted by atomic mass is 32.1. The standard InChI is InChI=1S/C34H29F3N4O4S/c35-34(36,37)27-18-28-29(17-25(27)19-38)46-33(40-28)41-32(45)26(23-12-10-22(11-13-23)21-4-2-1-3-5-21)16-20-6-8-24(9-7-20)31(44)39-15-14-30(42)43/h4,6-13,17-18,26H,1-3,5,14-16H2,(H,39,44)(H,42,43)(H,40,41,45). The summed E-state index contributed by atoms with van der Waals surface area (Å²) in [6.07, 6.45) is 1.84. The van der Waals surface area contributed by atoms with Gasteiger partial charge in [-0.25, -0.2) is 4.98 Å². The zero-order chi connectivity index (χ0) is 32.8. The van der Waals surface area contributed by atoms with E-state index >= 15 is 0 Å². The van der Waals surface area contributed by atoms with Gasteiger partial charge in [0.2, 0.25) is 5.91 Å². The van der Waals surface area contributed by atoms with Crippen LogP contribution in [0.4, 0.5) is 18.3 Å². The number of rotatable bonds is 10. The number of nitrogens with one attached hydrogen (secondary N) is 2. The Labute approximate surface area is 266 Å². The molecule has 46 heavy (non-hydrogen) atoms. The molecule has 0 saturated heterocycles. The Bertz CT molecular complexity index is 1840. The number of nitrogens with zero attached hydrogens (tertiary/aromatic N) is 2. The SMILES string of the molecule is N#Cc1cc2sc(NC(=O)C(Cc3ccc(C(=O)NCCC(=O)O)cc3)c3ccc(C4=CCCCC4)cc3)nc2cc1C(F)(F)F. The molecule has 236 valence electrons. The molecular formula is C34H29F3N4O4S. The molecule has 8 nitrogen and oxygen atoms in total. The second-order valence-corrected chi connectivity index (χ2v) is 12.0. The summed E-state index contributed by atoms with van der Waals surface area (Å²) in [7, 11) is 0. The summed E-state index contributed by atoms with van der Waals surface area (Å²) in [5.74, 6) is -2.57. The highest BCUT2D eigenvalue weighted by Gasteiger charge is 2.34. The molecule has 1 aliphatic carbocycles. The van der Waals surface area contributed by atoms with Gasteiger partial charge in [0.25, 0.3) is 5.91 Å². The second kappa shape index (κ2) is 14.0. The number of thiazole rings is 1. The molecule has 0 saturated carbocycles. The Balaban J connectivity index is 1.40. The average Bonchev–Trinajstić information content (AvgIpc) is 3.44. The van der Waals surface area contributed by atoms with Crippen LogP contribution in [-0.2, 0) is 22.2 Å². The number of alkyl halides is 3. The van der Waals surface area contributed by atoms with Crippen molar-refractivity contribution in [3.05, 3.63) is 100 Å². The van der Waals surface area contributed by atoms with Crippen LogP contribution in [0.2, 0.25) is 0 Å². The van der Waals surface area contributed by atoms with Gasteiger partial charge in [0.05, 0.1) is 39.8 Å². The number of fused-ring (bicyclic) bond motifs is 1. The molecule has 0 aliphatic heterocycles. The predicted molar refractivity (Wildman–Crippen MR) is 168 cm³/mol. The van der Waals surface area contributed by atoms with E-state index in [1.807, 2.05) is 24.3 Å². The lowest BCUT2D eigenvalue weighted by Gasteiger charge is -2.18. The van der Waals surface area contributed by atoms with Crippen molar-refractivity contribution in [2.75, 3.05) is 11.9 Å². The third-order valence-corrected chi connectivity index (χ3v) is 8.69. The predicted octanol–water partition coefficient (Wildman–Crippen LogP) is 7.31. The van der Waals surface area contributed by atoms with Crippen molar-refractivity contribution < 1.29 is 32.7 Å². The Morgan fingerprint density at radius 2 is 1.78 bits per heavy atom. The number of amides is 2. The van der Waals surface area contributed by atoms with Gasteiger partial charge in [-0.2, -0.15) is 18.4 Å². The quantitative estimate of drug-likeness (QED) is 0.166. The van der Waals surface area contributed by atoms with E-state index in [1.54, 1.807) is 30.3 Å². The number of anilines is 1. The summed E-state index contributed by atoms with van der Waals surface area (Å²) in [6.45, 7) is -0.00777. The first-order valence-corrected chi connectivity index (χ1v) is 15.4. The molecular weight excluding hydrogens is 617 g/mol. The molecule has 1 atom stereocenters. The second-order valence-electron chi connectivity index (χ2n) is 10.9. The number of carboxylic acids is 1. The molecule has 0 spiro atoms. The Hall–Kier alpha value is -5.02. The number of benzene rings is 3. The molecule has 2 amide bonds. The van der Waals surface area contributed by atoms with Gasteiger partial charge in [0, 0.05) is 12.1 Å². The molecule has 0 radical (unpaired) electrons. The zero-order valence-corrected chi connectivity index (χ0v) is 25.3. The van der Waals surface area contributed by atoms with Crippen LogP contribution in [0.5, 0.6) is 0 Å². The molecule has 1 unspecified atom stereocenters. The normalized spacial score (nSPS) is 13.8. The highest BCUT2D eigenvalue weighted by molar-refractivity contribution is 7.22. The van der Waals surface area contributed by atoms with Crippen molar-refractivity contribution in [2.24, 2.45) is 0 Å². The van der Waals surface area contributed by atoms with E-state index in [1.165, 1.54) is 5.57 Å². The van der Waals surface area contributed by atoms with E-state index in [0.717, 1.165) is 65.8 Å². The van der Waals surface area contributed by atoms with Crippen molar-refractivity contribution >= 4 is 50.0 Å². The minimum absolute atomic E-state index is 0.00777. The Morgan fingerprint density at radius 3 is 2.41 bits per heavy atom. The fourth-order valence-electron chi connectivity index (χ4n) is 5.35. The molecule has 0 fully saturated rings. The van der Waals surface area contributed by atoms with Crippen LogP contribution >= 0.6 is 11.3 Å². The van der Waals surface area contributed by atoms with Gasteiger partial charge in [0.15, 0.2) is 5.13 Å². The number of carbonyl (C=O) groups excluding carboxylic acids is 2. The fourth-order valence-corrected chi connectivity index (χ4v) is 6.24. The summed E-state index contributed by atoms with van der Waals surface area (Å²) in [5, 5.41) is 23.5. The Kier molecular flexibility index (Phi) is 9.82. The van der Waals surface area contributed by atoms with Gasteiger partial charge in [-0.15, -0.1) is 0 Å². The van der Waals surface area contributed by atoms with Crippen LogP contribution in [0.25, 0.3) is 15.8 Å². The summed E-state index contributed by atoms with van der Waals surface area (Å²) in [6, 6.07) is 17.9. The van der Waals surface area contributed by atoms with Gasteiger partial charge in [-0.05, 0) is 78.6 Å². The van der Waals surface area contributed by atoms with Gasteiger partial charge in [-0.1, -0.05) is 53.8 Å². The molecule has 1 aromatic heterocycles. The maximum absolute atomic E-state index is 13.8. The molecule has 3 N–H and O–H groups in total. The van der Waals surface area contributed by atoms with Crippen LogP contribution < -0.4 is 10.6 Å². The van der Waals surface area contributed by atoms with E-state index < -0.39 is 41.0 Å². The van der Waals surface area contributed by atoms with Crippen LogP contribution in [0.15, 0.2) is 66.7 Å². The van der Waals surface area contributed by atoms with Gasteiger partial charge >= 0.3 is 12.1 Å². The number of halogens is 3. The molecule has 4 aromatic rings.